The molecule has 74 heavy (non-hydrogen) atoms. The van der Waals surface area contributed by atoms with E-state index in [9.17, 15) is 33.9 Å². The highest BCUT2D eigenvalue weighted by Gasteiger charge is 2.69. The van der Waals surface area contributed by atoms with Crippen LogP contribution in [-0.2, 0) is 33.5 Å². The standard InChI is InChI=1S/C24H34O4.C21H32O2.C21H30O2/c1-14-12-18-19(22(4)9-6-17(27)13-21(14)22)7-10-23(5)20(18)8-11-24(23,15(2)25)28-16(3)26;2*1-13(22)17-6-7-18-16-5-4-14-12-15(23)8-10-20(14,2)19(16)9-11-21(17,18)3/h13-14,18-20H,6-12H2,1-5H3;4,15-19,23H,5-12H2,1-3H3;12,16-19H,4-11H2,1-3H3/t14-,18+,19-,20-,22+,23-,24-;15-,16-,17+,18-,19-,20-,21+;16-,17+,18-,19-,20-,21+/m000/s1. The predicted octanol–water partition coefficient (Wildman–Crippen LogP) is 13.9. The van der Waals surface area contributed by atoms with Crippen molar-refractivity contribution in [1.82, 2.24) is 0 Å². The van der Waals surface area contributed by atoms with Crippen molar-refractivity contribution in [2.75, 3.05) is 0 Å². The molecule has 8 nitrogen and oxygen atoms in total. The van der Waals surface area contributed by atoms with Crippen LogP contribution in [0.15, 0.2) is 34.9 Å². The highest BCUT2D eigenvalue weighted by molar-refractivity contribution is 5.92. The van der Waals surface area contributed by atoms with E-state index in [2.05, 4.69) is 54.5 Å². The second-order valence-corrected chi connectivity index (χ2v) is 29.2. The number of ether oxygens (including phenoxy) is 1. The van der Waals surface area contributed by atoms with Gasteiger partial charge in [0, 0.05) is 37.0 Å². The Balaban J connectivity index is 0.000000128. The molecule has 20 atom stereocenters. The summed E-state index contributed by atoms with van der Waals surface area (Å²) in [6.07, 6.45) is 30.6. The van der Waals surface area contributed by atoms with Gasteiger partial charge >= 0.3 is 5.97 Å². The molecule has 9 fully saturated rings. The molecular weight excluding hydrogens is 921 g/mol. The number of Topliss-reactive ketones (excluding diaryl/α,β-unsaturated/α-hetero) is 3. The first-order chi connectivity index (χ1) is 34.8. The smallest absolute Gasteiger partial charge is 0.303 e. The summed E-state index contributed by atoms with van der Waals surface area (Å²) in [5, 5.41) is 10.1. The lowest BCUT2D eigenvalue weighted by Gasteiger charge is -2.60. The molecule has 0 aromatic heterocycles. The van der Waals surface area contributed by atoms with Crippen LogP contribution >= 0.6 is 0 Å². The highest BCUT2D eigenvalue weighted by Crippen LogP contribution is 2.71. The molecule has 9 saturated carbocycles. The zero-order valence-electron chi connectivity index (χ0n) is 47.8. The summed E-state index contributed by atoms with van der Waals surface area (Å²) in [4.78, 5) is 73.0. The van der Waals surface area contributed by atoms with Gasteiger partial charge in [-0.3, -0.25) is 28.8 Å². The molecule has 12 rings (SSSR count). The average Bonchev–Trinajstić information content (AvgIpc) is 3.99. The van der Waals surface area contributed by atoms with Crippen LogP contribution < -0.4 is 0 Å². The van der Waals surface area contributed by atoms with Crippen LogP contribution in [0.1, 0.15) is 224 Å². The summed E-state index contributed by atoms with van der Waals surface area (Å²) in [6, 6.07) is 0. The van der Waals surface area contributed by atoms with Crippen LogP contribution in [0.3, 0.4) is 0 Å². The minimum atomic E-state index is -0.961. The van der Waals surface area contributed by atoms with Crippen LogP contribution in [0.4, 0.5) is 0 Å². The second-order valence-electron chi connectivity index (χ2n) is 29.2. The fourth-order valence-corrected chi connectivity index (χ4v) is 22.6. The Labute approximate surface area is 445 Å². The van der Waals surface area contributed by atoms with E-state index in [1.54, 1.807) is 19.4 Å². The maximum Gasteiger partial charge on any atom is 0.303 e. The molecule has 0 saturated heterocycles. The number of ketones is 5. The first-order valence-corrected chi connectivity index (χ1v) is 30.4. The van der Waals surface area contributed by atoms with Crippen molar-refractivity contribution < 1.29 is 38.6 Å². The number of aliphatic hydroxyl groups is 1. The van der Waals surface area contributed by atoms with E-state index in [0.29, 0.717) is 71.1 Å². The number of hydrogen-bond acceptors (Lipinski definition) is 8. The van der Waals surface area contributed by atoms with Gasteiger partial charge in [0.2, 0.25) is 0 Å². The minimum absolute atomic E-state index is 0.00469. The van der Waals surface area contributed by atoms with Crippen LogP contribution in [0.25, 0.3) is 0 Å². The Morgan fingerprint density at radius 2 is 1.08 bits per heavy atom. The minimum Gasteiger partial charge on any atom is -0.451 e. The summed E-state index contributed by atoms with van der Waals surface area (Å²) in [5.41, 5.74) is 4.28. The fraction of sp³-hybridized carbons (Fsp3) is 0.818. The van der Waals surface area contributed by atoms with E-state index in [-0.39, 0.29) is 50.7 Å². The molecule has 8 heteroatoms. The number of carbonyl (C=O) groups excluding carboxylic acids is 6. The molecule has 0 aromatic carbocycles. The molecule has 0 aliphatic heterocycles. The summed E-state index contributed by atoms with van der Waals surface area (Å²) in [7, 11) is 0. The topological polar surface area (TPSA) is 132 Å². The molecule has 0 aromatic rings. The van der Waals surface area contributed by atoms with E-state index >= 15 is 0 Å². The second kappa shape index (κ2) is 19.1. The van der Waals surface area contributed by atoms with Gasteiger partial charge in [0.05, 0.1) is 6.10 Å². The number of aliphatic hydroxyl groups excluding tert-OH is 1. The Morgan fingerprint density at radius 3 is 1.69 bits per heavy atom. The highest BCUT2D eigenvalue weighted by atomic mass is 16.6. The lowest BCUT2D eigenvalue weighted by Crippen LogP contribution is -2.59. The molecule has 0 unspecified atom stereocenters. The number of rotatable bonds is 4. The van der Waals surface area contributed by atoms with Crippen LogP contribution in [0.2, 0.25) is 0 Å². The van der Waals surface area contributed by atoms with Gasteiger partial charge < -0.3 is 9.84 Å². The zero-order chi connectivity index (χ0) is 53.3. The maximum absolute atomic E-state index is 12.8. The molecule has 0 amide bonds. The predicted molar refractivity (Wildman–Crippen MR) is 289 cm³/mol. The Bertz CT molecular complexity index is 2430. The molecule has 12 aliphatic carbocycles. The van der Waals surface area contributed by atoms with Crippen LogP contribution in [0, 0.1) is 104 Å². The van der Waals surface area contributed by atoms with E-state index in [0.717, 1.165) is 119 Å². The molecule has 408 valence electrons. The first-order valence-electron chi connectivity index (χ1n) is 30.4. The van der Waals surface area contributed by atoms with Crippen LogP contribution in [0.5, 0.6) is 0 Å². The lowest BCUT2D eigenvalue weighted by molar-refractivity contribution is -0.187. The van der Waals surface area contributed by atoms with Crippen molar-refractivity contribution in [3.63, 3.8) is 0 Å². The Morgan fingerprint density at radius 1 is 0.541 bits per heavy atom. The normalized spacial score (nSPS) is 49.4. The zero-order valence-corrected chi connectivity index (χ0v) is 47.8. The van der Waals surface area contributed by atoms with Crippen molar-refractivity contribution in [3.05, 3.63) is 34.9 Å². The number of allylic oxidation sites excluding steroid dienone is 3. The van der Waals surface area contributed by atoms with Gasteiger partial charge in [0.15, 0.2) is 23.0 Å². The third-order valence-corrected chi connectivity index (χ3v) is 26.3. The molecule has 1 N–H and O–H groups in total. The SMILES string of the molecule is CC(=O)O[C@]1(C(C)=O)CC[C@H]2[C@@H]3C[C@H](C)C4=CC(=O)CC[C@]4(C)[C@H]3CC[C@@]21C.CC(=O)[C@H]1CC[C@H]2[C@@H]3CC=C4C[C@@H](O)CC[C@]4(C)[C@H]3CC[C@]12C.CC(=O)[C@H]1CC[C@H]2[C@@H]3CCC4=CC(=O)CC[C@]4(C)[C@H]3CC[C@]12C. The van der Waals surface area contributed by atoms with Crippen LogP contribution in [-0.4, -0.2) is 51.7 Å². The molecular formula is C66H96O8. The number of esters is 1. The van der Waals surface area contributed by atoms with Crippen molar-refractivity contribution in [2.45, 2.75) is 236 Å². The fourth-order valence-electron chi connectivity index (χ4n) is 22.6. The maximum atomic E-state index is 12.8. The summed E-state index contributed by atoms with van der Waals surface area (Å²) >= 11 is 0. The number of carbonyl (C=O) groups is 6. The van der Waals surface area contributed by atoms with Crippen molar-refractivity contribution in [1.29, 1.82) is 0 Å². The summed E-state index contributed by atoms with van der Waals surface area (Å²) in [6.45, 7) is 23.2. The third-order valence-electron chi connectivity index (χ3n) is 26.3. The quantitative estimate of drug-likeness (QED) is 0.218. The van der Waals surface area contributed by atoms with Gasteiger partial charge in [-0.05, 0) is 254 Å². The van der Waals surface area contributed by atoms with E-state index < -0.39 is 5.60 Å². The van der Waals surface area contributed by atoms with E-state index in [4.69, 9.17) is 4.74 Å². The monoisotopic (exact) mass is 1020 g/mol. The molecule has 0 spiro atoms. The molecule has 0 bridgehead atoms. The van der Waals surface area contributed by atoms with Crippen molar-refractivity contribution >= 4 is 34.9 Å². The van der Waals surface area contributed by atoms with Gasteiger partial charge in [0.25, 0.3) is 0 Å². The van der Waals surface area contributed by atoms with Crippen molar-refractivity contribution in [2.24, 2.45) is 104 Å². The molecule has 0 heterocycles. The first kappa shape index (κ1) is 54.4. The van der Waals surface area contributed by atoms with Gasteiger partial charge in [-0.15, -0.1) is 0 Å². The van der Waals surface area contributed by atoms with E-state index in [1.165, 1.54) is 69.4 Å². The van der Waals surface area contributed by atoms with E-state index in [1.807, 2.05) is 19.1 Å². The summed E-state index contributed by atoms with van der Waals surface area (Å²) < 4.78 is 5.84. The van der Waals surface area contributed by atoms with Crippen molar-refractivity contribution in [3.8, 4) is 0 Å². The van der Waals surface area contributed by atoms with Gasteiger partial charge in [-0.25, -0.2) is 0 Å². The third kappa shape index (κ3) is 8.22. The Hall–Kier alpha value is -3.00. The summed E-state index contributed by atoms with van der Waals surface area (Å²) in [5.74, 6) is 8.12. The largest absolute Gasteiger partial charge is 0.451 e. The van der Waals surface area contributed by atoms with Gasteiger partial charge in [-0.2, -0.15) is 0 Å². The molecule has 0 radical (unpaired) electrons. The number of fused-ring (bicyclic) bond motifs is 15. The Kier molecular flexibility index (Phi) is 14.1. The number of hydrogen-bond donors (Lipinski definition) is 1. The van der Waals surface area contributed by atoms with Gasteiger partial charge in [-0.1, -0.05) is 71.3 Å². The molecule has 12 aliphatic rings. The van der Waals surface area contributed by atoms with Gasteiger partial charge in [0.1, 0.15) is 11.6 Å². The average molecular weight is 1020 g/mol. The lowest BCUT2D eigenvalue weighted by atomic mass is 9.44.